The number of phenols is 1. The Hall–Kier alpha value is -1.75. The van der Waals surface area contributed by atoms with E-state index in [1.807, 2.05) is 0 Å². The summed E-state index contributed by atoms with van der Waals surface area (Å²) in [6, 6.07) is 4.56. The maximum Gasteiger partial charge on any atom is 0.255 e. The average molecular weight is 265 g/mol. The zero-order valence-electron chi connectivity index (χ0n) is 10.9. The van der Waals surface area contributed by atoms with Crippen LogP contribution < -0.4 is 10.1 Å². The van der Waals surface area contributed by atoms with Gasteiger partial charge in [-0.1, -0.05) is 6.42 Å². The van der Waals surface area contributed by atoms with Crippen LogP contribution in [0, 0.1) is 5.92 Å². The average Bonchev–Trinajstić information content (AvgIpc) is 2.85. The molecule has 0 radical (unpaired) electrons. The minimum Gasteiger partial charge on any atom is -0.507 e. The van der Waals surface area contributed by atoms with E-state index in [-0.39, 0.29) is 35.8 Å². The van der Waals surface area contributed by atoms with Crippen molar-refractivity contribution in [3.05, 3.63) is 23.8 Å². The number of phenolic OH excluding ortho intramolecular Hbond substituents is 1. The number of carbonyl (C=O) groups excluding carboxylic acids is 1. The van der Waals surface area contributed by atoms with Gasteiger partial charge >= 0.3 is 0 Å². The number of methoxy groups -OCH3 is 1. The smallest absolute Gasteiger partial charge is 0.255 e. The Morgan fingerprint density at radius 2 is 2.26 bits per heavy atom. The number of aliphatic hydroxyl groups is 1. The number of carbonyl (C=O) groups is 1. The fourth-order valence-corrected chi connectivity index (χ4v) is 2.52. The lowest BCUT2D eigenvalue weighted by Crippen LogP contribution is -2.38. The van der Waals surface area contributed by atoms with Crippen LogP contribution in [0.1, 0.15) is 29.6 Å². The number of hydrogen-bond acceptors (Lipinski definition) is 4. The molecule has 0 aliphatic heterocycles. The molecule has 0 spiro atoms. The number of benzene rings is 1. The van der Waals surface area contributed by atoms with Gasteiger partial charge in [0.25, 0.3) is 5.91 Å². The van der Waals surface area contributed by atoms with Gasteiger partial charge in [-0.05, 0) is 25.0 Å². The number of nitrogens with one attached hydrogen (secondary N) is 1. The van der Waals surface area contributed by atoms with Gasteiger partial charge in [0.15, 0.2) is 0 Å². The number of ether oxygens (including phenoxy) is 1. The van der Waals surface area contributed by atoms with Gasteiger partial charge in [0.2, 0.25) is 0 Å². The van der Waals surface area contributed by atoms with Crippen LogP contribution in [-0.2, 0) is 0 Å². The molecule has 1 saturated carbocycles. The first kappa shape index (κ1) is 13.7. The van der Waals surface area contributed by atoms with Crippen molar-refractivity contribution < 1.29 is 19.7 Å². The molecular weight excluding hydrogens is 246 g/mol. The van der Waals surface area contributed by atoms with Crippen molar-refractivity contribution in [1.82, 2.24) is 5.32 Å². The molecule has 5 nitrogen and oxygen atoms in total. The Labute approximate surface area is 112 Å². The van der Waals surface area contributed by atoms with Gasteiger partial charge in [-0.3, -0.25) is 4.79 Å². The topological polar surface area (TPSA) is 78.8 Å². The molecule has 0 saturated heterocycles. The molecule has 1 fully saturated rings. The van der Waals surface area contributed by atoms with Gasteiger partial charge in [-0.25, -0.2) is 0 Å². The molecule has 0 aromatic heterocycles. The van der Waals surface area contributed by atoms with E-state index in [0.717, 1.165) is 19.3 Å². The van der Waals surface area contributed by atoms with Gasteiger partial charge in [0, 0.05) is 24.6 Å². The molecule has 0 heterocycles. The van der Waals surface area contributed by atoms with E-state index in [9.17, 15) is 15.0 Å². The lowest BCUT2D eigenvalue weighted by molar-refractivity contribution is 0.0913. The summed E-state index contributed by atoms with van der Waals surface area (Å²) < 4.78 is 4.97. The molecule has 2 unspecified atom stereocenters. The minimum absolute atomic E-state index is 0.0148. The number of aromatic hydroxyl groups is 1. The number of rotatable bonds is 4. The fraction of sp³-hybridized carbons (Fsp3) is 0.500. The summed E-state index contributed by atoms with van der Waals surface area (Å²) in [5.74, 6) is 0.202. The Kier molecular flexibility index (Phi) is 4.27. The highest BCUT2D eigenvalue weighted by Crippen LogP contribution is 2.27. The molecule has 2 atom stereocenters. The van der Waals surface area contributed by atoms with Crippen molar-refractivity contribution in [2.24, 2.45) is 5.92 Å². The molecule has 1 aliphatic rings. The van der Waals surface area contributed by atoms with Crippen molar-refractivity contribution >= 4 is 5.91 Å². The van der Waals surface area contributed by atoms with Crippen LogP contribution in [0.25, 0.3) is 0 Å². The number of amides is 1. The first-order chi connectivity index (χ1) is 9.15. The maximum absolute atomic E-state index is 12.1. The lowest BCUT2D eigenvalue weighted by Gasteiger charge is -2.19. The molecule has 1 aliphatic carbocycles. The van der Waals surface area contributed by atoms with Crippen LogP contribution in [0.15, 0.2) is 18.2 Å². The zero-order valence-corrected chi connectivity index (χ0v) is 10.9. The summed E-state index contributed by atoms with van der Waals surface area (Å²) in [5, 5.41) is 21.9. The summed E-state index contributed by atoms with van der Waals surface area (Å²) in [7, 11) is 1.50. The molecule has 2 rings (SSSR count). The van der Waals surface area contributed by atoms with Gasteiger partial charge in [0.05, 0.1) is 12.7 Å². The van der Waals surface area contributed by atoms with E-state index in [1.54, 1.807) is 6.07 Å². The van der Waals surface area contributed by atoms with Crippen molar-refractivity contribution in [3.63, 3.8) is 0 Å². The summed E-state index contributed by atoms with van der Waals surface area (Å²) in [6.07, 6.45) is 2.80. The van der Waals surface area contributed by atoms with E-state index in [4.69, 9.17) is 4.74 Å². The van der Waals surface area contributed by atoms with Crippen LogP contribution in [0.4, 0.5) is 0 Å². The third-order valence-corrected chi connectivity index (χ3v) is 3.66. The Morgan fingerprint density at radius 3 is 2.89 bits per heavy atom. The Bertz CT molecular complexity index is 461. The molecule has 1 aromatic carbocycles. The van der Waals surface area contributed by atoms with E-state index < -0.39 is 0 Å². The number of hydrogen-bond donors (Lipinski definition) is 3. The molecular formula is C14H19NO4. The van der Waals surface area contributed by atoms with Crippen LogP contribution >= 0.6 is 0 Å². The lowest BCUT2D eigenvalue weighted by atomic mass is 10.0. The zero-order chi connectivity index (χ0) is 13.8. The van der Waals surface area contributed by atoms with Crippen LogP contribution in [-0.4, -0.2) is 35.9 Å². The van der Waals surface area contributed by atoms with Gasteiger partial charge in [-0.2, -0.15) is 0 Å². The second-order valence-corrected chi connectivity index (χ2v) is 4.84. The van der Waals surface area contributed by atoms with Crippen molar-refractivity contribution in [1.29, 1.82) is 0 Å². The predicted octanol–water partition coefficient (Wildman–Crippen LogP) is 1.29. The molecule has 3 N–H and O–H groups in total. The molecule has 1 aromatic rings. The number of aliphatic hydroxyl groups excluding tert-OH is 1. The standard InChI is InChI=1S/C14H19NO4/c1-19-10-5-6-11(13(17)7-10)14(18)15-12-4-2-3-9(12)8-16/h5-7,9,12,16-17H,2-4,8H2,1H3,(H,15,18). The highest BCUT2D eigenvalue weighted by Gasteiger charge is 2.28. The normalized spacial score (nSPS) is 22.2. The van der Waals surface area contributed by atoms with E-state index in [1.165, 1.54) is 19.2 Å². The Balaban J connectivity index is 2.07. The summed E-state index contributed by atoms with van der Waals surface area (Å²) in [5.41, 5.74) is 0.226. The first-order valence-corrected chi connectivity index (χ1v) is 6.44. The van der Waals surface area contributed by atoms with Gasteiger partial charge in [-0.15, -0.1) is 0 Å². The third-order valence-electron chi connectivity index (χ3n) is 3.66. The molecule has 104 valence electrons. The van der Waals surface area contributed by atoms with E-state index in [0.29, 0.717) is 5.75 Å². The largest absolute Gasteiger partial charge is 0.507 e. The highest BCUT2D eigenvalue weighted by atomic mass is 16.5. The van der Waals surface area contributed by atoms with Gasteiger partial charge < -0.3 is 20.3 Å². The molecule has 19 heavy (non-hydrogen) atoms. The first-order valence-electron chi connectivity index (χ1n) is 6.44. The van der Waals surface area contributed by atoms with Crippen molar-refractivity contribution in [2.75, 3.05) is 13.7 Å². The molecule has 5 heteroatoms. The second kappa shape index (κ2) is 5.93. The Morgan fingerprint density at radius 1 is 1.47 bits per heavy atom. The van der Waals surface area contributed by atoms with Crippen molar-refractivity contribution in [3.8, 4) is 11.5 Å². The fourth-order valence-electron chi connectivity index (χ4n) is 2.52. The van der Waals surface area contributed by atoms with Gasteiger partial charge in [0.1, 0.15) is 11.5 Å². The van der Waals surface area contributed by atoms with E-state index >= 15 is 0 Å². The molecule has 0 bridgehead atoms. The highest BCUT2D eigenvalue weighted by molar-refractivity contribution is 5.97. The van der Waals surface area contributed by atoms with Crippen molar-refractivity contribution in [2.45, 2.75) is 25.3 Å². The predicted molar refractivity (Wildman–Crippen MR) is 70.3 cm³/mol. The summed E-state index contributed by atoms with van der Waals surface area (Å²) >= 11 is 0. The van der Waals surface area contributed by atoms with Crippen LogP contribution in [0.2, 0.25) is 0 Å². The van der Waals surface area contributed by atoms with E-state index in [2.05, 4.69) is 5.32 Å². The van der Waals surface area contributed by atoms with Crippen LogP contribution in [0.5, 0.6) is 11.5 Å². The monoisotopic (exact) mass is 265 g/mol. The minimum atomic E-state index is -0.314. The second-order valence-electron chi connectivity index (χ2n) is 4.84. The quantitative estimate of drug-likeness (QED) is 0.766. The summed E-state index contributed by atoms with van der Waals surface area (Å²) in [6.45, 7) is 0.0829. The summed E-state index contributed by atoms with van der Waals surface area (Å²) in [4.78, 5) is 12.1. The maximum atomic E-state index is 12.1. The van der Waals surface area contributed by atoms with Crippen LogP contribution in [0.3, 0.4) is 0 Å². The third kappa shape index (κ3) is 2.98. The SMILES string of the molecule is COc1ccc(C(=O)NC2CCCC2CO)c(O)c1. The molecule has 1 amide bonds.